The van der Waals surface area contributed by atoms with Crippen molar-refractivity contribution >= 4 is 34.7 Å². The molecule has 1 aromatic carbocycles. The molecule has 1 rings (SSSR count). The fourth-order valence-electron chi connectivity index (χ4n) is 2.58. The van der Waals surface area contributed by atoms with Crippen LogP contribution in [-0.2, 0) is 20.8 Å². The largest absolute Gasteiger partial charge is 0.458 e. The molecule has 158 valence electrons. The van der Waals surface area contributed by atoms with Gasteiger partial charge in [-0.1, -0.05) is 26.0 Å². The number of hydrogen-bond donors (Lipinski definition) is 0. The fraction of sp³-hybridized carbons (Fsp3) is 0.636. The van der Waals surface area contributed by atoms with Crippen LogP contribution in [0, 0.1) is 9.49 Å². The van der Waals surface area contributed by atoms with Gasteiger partial charge in [-0.25, -0.2) is 9.59 Å². The predicted octanol–water partition coefficient (Wildman–Crippen LogP) is 5.78. The molecule has 0 heterocycles. The first kappa shape index (κ1) is 24.7. The van der Waals surface area contributed by atoms with Gasteiger partial charge in [0.15, 0.2) is 0 Å². The minimum Gasteiger partial charge on any atom is -0.458 e. The Labute approximate surface area is 183 Å². The van der Waals surface area contributed by atoms with E-state index in [0.29, 0.717) is 6.42 Å². The van der Waals surface area contributed by atoms with E-state index in [9.17, 15) is 9.59 Å². The number of carbonyl (C=O) groups is 2. The van der Waals surface area contributed by atoms with Crippen LogP contribution in [0.4, 0.5) is 4.79 Å². The average Bonchev–Trinajstić information content (AvgIpc) is 2.48. The SMILES string of the molecule is CC(C)C[C@@H](C(=O)OC(C)(C)C)N(Cc1ccc(I)cc1)C(=O)OC(C)(C)C. The van der Waals surface area contributed by atoms with E-state index in [2.05, 4.69) is 22.6 Å². The first-order chi connectivity index (χ1) is 12.7. The van der Waals surface area contributed by atoms with Crippen LogP contribution in [0.25, 0.3) is 0 Å². The highest BCUT2D eigenvalue weighted by atomic mass is 127. The lowest BCUT2D eigenvalue weighted by Gasteiger charge is -2.34. The van der Waals surface area contributed by atoms with Gasteiger partial charge < -0.3 is 9.47 Å². The van der Waals surface area contributed by atoms with Gasteiger partial charge in [-0.3, -0.25) is 4.90 Å². The number of esters is 1. The highest BCUT2D eigenvalue weighted by molar-refractivity contribution is 14.1. The molecule has 0 bridgehead atoms. The molecule has 0 spiro atoms. The smallest absolute Gasteiger partial charge is 0.411 e. The predicted molar refractivity (Wildman–Crippen MR) is 120 cm³/mol. The lowest BCUT2D eigenvalue weighted by atomic mass is 10.0. The zero-order valence-electron chi connectivity index (χ0n) is 18.3. The second kappa shape index (κ2) is 9.94. The van der Waals surface area contributed by atoms with Gasteiger partial charge in [0.1, 0.15) is 17.2 Å². The number of carbonyl (C=O) groups excluding carboxylic acids is 2. The highest BCUT2D eigenvalue weighted by Crippen LogP contribution is 2.22. The fourth-order valence-corrected chi connectivity index (χ4v) is 2.94. The Morgan fingerprint density at radius 2 is 1.46 bits per heavy atom. The minimum absolute atomic E-state index is 0.208. The summed E-state index contributed by atoms with van der Waals surface area (Å²) in [5, 5.41) is 0. The number of nitrogens with zero attached hydrogens (tertiary/aromatic N) is 1. The number of halogens is 1. The number of amides is 1. The molecule has 0 unspecified atom stereocenters. The molecule has 0 saturated heterocycles. The molecule has 1 aromatic rings. The molecule has 0 aliphatic carbocycles. The molecule has 0 fully saturated rings. The topological polar surface area (TPSA) is 55.8 Å². The second-order valence-corrected chi connectivity index (χ2v) is 10.7. The van der Waals surface area contributed by atoms with Crippen molar-refractivity contribution in [1.82, 2.24) is 4.90 Å². The van der Waals surface area contributed by atoms with Crippen molar-refractivity contribution in [3.8, 4) is 0 Å². The van der Waals surface area contributed by atoms with Crippen LogP contribution >= 0.6 is 22.6 Å². The average molecular weight is 503 g/mol. The minimum atomic E-state index is -0.714. The van der Waals surface area contributed by atoms with Crippen LogP contribution in [0.5, 0.6) is 0 Å². The summed E-state index contributed by atoms with van der Waals surface area (Å²) < 4.78 is 12.4. The van der Waals surface area contributed by atoms with Crippen molar-refractivity contribution in [1.29, 1.82) is 0 Å². The standard InChI is InChI=1S/C22H34INO4/c1-15(2)13-18(19(25)27-21(3,4)5)24(20(26)28-22(6,7)8)14-16-9-11-17(23)12-10-16/h9-12,15,18H,13-14H2,1-8H3/t18-/m0/s1. The van der Waals surface area contributed by atoms with Crippen LogP contribution in [0.2, 0.25) is 0 Å². The van der Waals surface area contributed by atoms with E-state index in [-0.39, 0.29) is 12.5 Å². The van der Waals surface area contributed by atoms with Crippen LogP contribution in [0.15, 0.2) is 24.3 Å². The third kappa shape index (κ3) is 9.26. The van der Waals surface area contributed by atoms with E-state index in [1.165, 1.54) is 4.90 Å². The Kier molecular flexibility index (Phi) is 8.78. The van der Waals surface area contributed by atoms with Gasteiger partial charge >= 0.3 is 12.1 Å². The number of benzene rings is 1. The molecule has 6 heteroatoms. The first-order valence-electron chi connectivity index (χ1n) is 9.65. The maximum Gasteiger partial charge on any atom is 0.411 e. The molecule has 0 aliphatic heterocycles. The van der Waals surface area contributed by atoms with Crippen LogP contribution in [0.3, 0.4) is 0 Å². The quantitative estimate of drug-likeness (QED) is 0.365. The van der Waals surface area contributed by atoms with E-state index in [1.54, 1.807) is 0 Å². The van der Waals surface area contributed by atoms with Gasteiger partial charge in [-0.2, -0.15) is 0 Å². The Morgan fingerprint density at radius 1 is 0.964 bits per heavy atom. The molecule has 1 amide bonds. The summed E-state index contributed by atoms with van der Waals surface area (Å²) in [6, 6.07) is 7.16. The van der Waals surface area contributed by atoms with Gasteiger partial charge in [0, 0.05) is 10.1 Å². The molecular weight excluding hydrogens is 469 g/mol. The maximum atomic E-state index is 13.0. The van der Waals surface area contributed by atoms with Crippen molar-refractivity contribution in [2.45, 2.75) is 85.6 Å². The van der Waals surface area contributed by atoms with E-state index in [1.807, 2.05) is 79.7 Å². The second-order valence-electron chi connectivity index (χ2n) is 9.41. The number of rotatable bonds is 6. The van der Waals surface area contributed by atoms with Crippen molar-refractivity contribution < 1.29 is 19.1 Å². The molecule has 5 nitrogen and oxygen atoms in total. The molecule has 1 atom stereocenters. The Bertz CT molecular complexity index is 657. The third-order valence-electron chi connectivity index (χ3n) is 3.64. The van der Waals surface area contributed by atoms with Gasteiger partial charge in [0.2, 0.25) is 0 Å². The zero-order chi connectivity index (χ0) is 21.7. The third-order valence-corrected chi connectivity index (χ3v) is 4.36. The molecule has 0 aliphatic rings. The van der Waals surface area contributed by atoms with Crippen LogP contribution in [0.1, 0.15) is 67.4 Å². The van der Waals surface area contributed by atoms with Crippen LogP contribution in [-0.4, -0.2) is 34.2 Å². The molecule has 0 radical (unpaired) electrons. The van der Waals surface area contributed by atoms with E-state index in [4.69, 9.17) is 9.47 Å². The molecule has 0 aromatic heterocycles. The number of hydrogen-bond acceptors (Lipinski definition) is 4. The summed E-state index contributed by atoms with van der Waals surface area (Å²) in [7, 11) is 0. The molecular formula is C22H34INO4. The van der Waals surface area contributed by atoms with E-state index >= 15 is 0 Å². The summed E-state index contributed by atoms with van der Waals surface area (Å²) in [5.41, 5.74) is -0.351. The van der Waals surface area contributed by atoms with E-state index < -0.39 is 29.3 Å². The lowest BCUT2D eigenvalue weighted by Crippen LogP contribution is -2.49. The Balaban J connectivity index is 3.25. The van der Waals surface area contributed by atoms with E-state index in [0.717, 1.165) is 9.13 Å². The maximum absolute atomic E-state index is 13.0. The number of ether oxygens (including phenoxy) is 2. The first-order valence-corrected chi connectivity index (χ1v) is 10.7. The summed E-state index contributed by atoms with van der Waals surface area (Å²) in [6.45, 7) is 15.3. The van der Waals surface area contributed by atoms with Gasteiger partial charge in [0.25, 0.3) is 0 Å². The van der Waals surface area contributed by atoms with Crippen LogP contribution < -0.4 is 0 Å². The molecule has 0 N–H and O–H groups in total. The monoisotopic (exact) mass is 503 g/mol. The van der Waals surface area contributed by atoms with Crippen molar-refractivity contribution in [2.24, 2.45) is 5.92 Å². The highest BCUT2D eigenvalue weighted by Gasteiger charge is 2.36. The molecule has 28 heavy (non-hydrogen) atoms. The zero-order valence-corrected chi connectivity index (χ0v) is 20.5. The normalized spacial score (nSPS) is 13.2. The summed E-state index contributed by atoms with van der Waals surface area (Å²) in [5.74, 6) is -0.197. The summed E-state index contributed by atoms with van der Waals surface area (Å²) in [6.07, 6.45) is -0.0130. The summed E-state index contributed by atoms with van der Waals surface area (Å²) in [4.78, 5) is 27.5. The van der Waals surface area contributed by atoms with Gasteiger partial charge in [-0.05, 0) is 94.2 Å². The Hall–Kier alpha value is -1.31. The van der Waals surface area contributed by atoms with Gasteiger partial charge in [0.05, 0.1) is 0 Å². The lowest BCUT2D eigenvalue weighted by molar-refractivity contribution is -0.162. The van der Waals surface area contributed by atoms with Crippen molar-refractivity contribution in [2.75, 3.05) is 0 Å². The molecule has 0 saturated carbocycles. The van der Waals surface area contributed by atoms with Crippen molar-refractivity contribution in [3.63, 3.8) is 0 Å². The summed E-state index contributed by atoms with van der Waals surface area (Å²) >= 11 is 2.24. The van der Waals surface area contributed by atoms with Gasteiger partial charge in [-0.15, -0.1) is 0 Å². The van der Waals surface area contributed by atoms with Crippen molar-refractivity contribution in [3.05, 3.63) is 33.4 Å². The Morgan fingerprint density at radius 3 is 1.89 bits per heavy atom.